The molecule has 0 unspecified atom stereocenters. The van der Waals surface area contributed by atoms with E-state index in [2.05, 4.69) is 24.1 Å². The highest BCUT2D eigenvalue weighted by atomic mass is 35.5. The number of hydrogen-bond donors (Lipinski definition) is 3. The minimum Gasteiger partial charge on any atom is -0.508 e. The van der Waals surface area contributed by atoms with Gasteiger partial charge in [0.1, 0.15) is 23.9 Å². The lowest BCUT2D eigenvalue weighted by atomic mass is 9.89. The van der Waals surface area contributed by atoms with Gasteiger partial charge in [-0.05, 0) is 30.5 Å². The zero-order valence-electron chi connectivity index (χ0n) is 16.9. The standard InChI is InChI=1S/C22H30N2O3.ClH/c1-15(2)18-14-20(26)16(3)22(21(18)17-6-4-5-7-19(17)25)27-13-12-24-10-8-23-9-11-24;/h4-7,14-15,23,25-26H,8-13H2,1-3H3;1H. The molecule has 1 fully saturated rings. The first-order valence-corrected chi connectivity index (χ1v) is 9.69. The van der Waals surface area contributed by atoms with Gasteiger partial charge in [-0.2, -0.15) is 0 Å². The Kier molecular flexibility index (Phi) is 7.98. The minimum absolute atomic E-state index is 0. The molecule has 6 heteroatoms. The van der Waals surface area contributed by atoms with E-state index in [1.807, 2.05) is 25.1 Å². The number of phenols is 2. The summed E-state index contributed by atoms with van der Waals surface area (Å²) in [6, 6.07) is 9.10. The molecule has 0 bridgehead atoms. The lowest BCUT2D eigenvalue weighted by Crippen LogP contribution is -2.44. The summed E-state index contributed by atoms with van der Waals surface area (Å²) in [5.74, 6) is 1.29. The van der Waals surface area contributed by atoms with E-state index in [-0.39, 0.29) is 29.8 Å². The maximum absolute atomic E-state index is 10.5. The molecule has 1 aliphatic rings. The van der Waals surface area contributed by atoms with Crippen molar-refractivity contribution in [1.82, 2.24) is 10.2 Å². The summed E-state index contributed by atoms with van der Waals surface area (Å²) in [5.41, 5.74) is 3.29. The number of nitrogens with one attached hydrogen (secondary N) is 1. The van der Waals surface area contributed by atoms with Crippen molar-refractivity contribution in [3.8, 4) is 28.4 Å². The average molecular weight is 407 g/mol. The van der Waals surface area contributed by atoms with Crippen LogP contribution in [0.5, 0.6) is 17.2 Å². The summed E-state index contributed by atoms with van der Waals surface area (Å²) in [5, 5.41) is 24.3. The predicted molar refractivity (Wildman–Crippen MR) is 116 cm³/mol. The lowest BCUT2D eigenvalue weighted by molar-refractivity contribution is 0.191. The predicted octanol–water partition coefficient (Wildman–Crippen LogP) is 3.90. The van der Waals surface area contributed by atoms with E-state index in [1.165, 1.54) is 0 Å². The van der Waals surface area contributed by atoms with Gasteiger partial charge in [-0.25, -0.2) is 0 Å². The molecule has 0 spiro atoms. The quantitative estimate of drug-likeness (QED) is 0.679. The first-order valence-electron chi connectivity index (χ1n) is 9.69. The van der Waals surface area contributed by atoms with Crippen molar-refractivity contribution in [2.45, 2.75) is 26.7 Å². The number of ether oxygens (including phenoxy) is 1. The molecule has 0 aromatic heterocycles. The summed E-state index contributed by atoms with van der Waals surface area (Å²) in [6.07, 6.45) is 0. The Bertz CT molecular complexity index is 790. The zero-order chi connectivity index (χ0) is 19.4. The summed E-state index contributed by atoms with van der Waals surface area (Å²) in [4.78, 5) is 2.37. The Morgan fingerprint density at radius 1 is 1.11 bits per heavy atom. The first-order chi connectivity index (χ1) is 13.0. The van der Waals surface area contributed by atoms with Crippen LogP contribution in [0.25, 0.3) is 11.1 Å². The topological polar surface area (TPSA) is 65.0 Å². The zero-order valence-corrected chi connectivity index (χ0v) is 17.7. The fraction of sp³-hybridized carbons (Fsp3) is 0.455. The van der Waals surface area contributed by atoms with Gasteiger partial charge in [-0.1, -0.05) is 32.0 Å². The third-order valence-electron chi connectivity index (χ3n) is 5.19. The number of rotatable bonds is 6. The third kappa shape index (κ3) is 4.90. The van der Waals surface area contributed by atoms with Crippen LogP contribution in [0, 0.1) is 6.92 Å². The van der Waals surface area contributed by atoms with Gasteiger partial charge in [0.2, 0.25) is 0 Å². The molecule has 0 radical (unpaired) electrons. The molecule has 154 valence electrons. The van der Waals surface area contributed by atoms with Crippen LogP contribution in [0.3, 0.4) is 0 Å². The monoisotopic (exact) mass is 406 g/mol. The van der Waals surface area contributed by atoms with Gasteiger partial charge in [-0.3, -0.25) is 4.90 Å². The second-order valence-electron chi connectivity index (χ2n) is 7.43. The second kappa shape index (κ2) is 10.0. The first kappa shape index (κ1) is 22.3. The Morgan fingerprint density at radius 2 is 1.79 bits per heavy atom. The van der Waals surface area contributed by atoms with Crippen LogP contribution < -0.4 is 10.1 Å². The second-order valence-corrected chi connectivity index (χ2v) is 7.43. The van der Waals surface area contributed by atoms with Crippen LogP contribution in [-0.2, 0) is 0 Å². The molecule has 0 atom stereocenters. The third-order valence-corrected chi connectivity index (χ3v) is 5.19. The highest BCUT2D eigenvalue weighted by Crippen LogP contribution is 2.45. The fourth-order valence-electron chi connectivity index (χ4n) is 3.57. The number of hydrogen-bond acceptors (Lipinski definition) is 5. The van der Waals surface area contributed by atoms with E-state index in [0.717, 1.165) is 49.4 Å². The normalized spacial score (nSPS) is 14.7. The number of halogens is 1. The molecule has 0 aliphatic carbocycles. The van der Waals surface area contributed by atoms with Crippen molar-refractivity contribution in [2.24, 2.45) is 0 Å². The molecule has 1 saturated heterocycles. The molecule has 2 aromatic carbocycles. The van der Waals surface area contributed by atoms with Crippen LogP contribution >= 0.6 is 12.4 Å². The number of nitrogens with zero attached hydrogens (tertiary/aromatic N) is 1. The highest BCUT2D eigenvalue weighted by molar-refractivity contribution is 5.85. The molecule has 1 heterocycles. The van der Waals surface area contributed by atoms with Crippen molar-refractivity contribution >= 4 is 12.4 Å². The SMILES string of the molecule is Cc1c(O)cc(C(C)C)c(-c2ccccc2O)c1OCCN1CCNCC1.Cl. The van der Waals surface area contributed by atoms with Crippen LogP contribution in [0.15, 0.2) is 30.3 Å². The number of piperazine rings is 1. The molecule has 0 saturated carbocycles. The summed E-state index contributed by atoms with van der Waals surface area (Å²) >= 11 is 0. The molecular weight excluding hydrogens is 376 g/mol. The van der Waals surface area contributed by atoms with Crippen LogP contribution in [-0.4, -0.2) is 54.4 Å². The summed E-state index contributed by atoms with van der Waals surface area (Å²) in [7, 11) is 0. The Balaban J connectivity index is 0.00000280. The molecule has 0 amide bonds. The average Bonchev–Trinajstić information content (AvgIpc) is 2.66. The molecule has 3 N–H and O–H groups in total. The molecule has 1 aliphatic heterocycles. The van der Waals surface area contributed by atoms with Gasteiger partial charge >= 0.3 is 0 Å². The number of para-hydroxylation sites is 1. The van der Waals surface area contributed by atoms with Crippen LogP contribution in [0.4, 0.5) is 0 Å². The van der Waals surface area contributed by atoms with Crippen molar-refractivity contribution in [3.05, 3.63) is 41.5 Å². The van der Waals surface area contributed by atoms with E-state index in [9.17, 15) is 10.2 Å². The number of phenolic OH excluding ortho intramolecular Hbond substituents is 2. The molecule has 28 heavy (non-hydrogen) atoms. The van der Waals surface area contributed by atoms with Gasteiger partial charge in [0, 0.05) is 49.4 Å². The molecular formula is C22H31ClN2O3. The van der Waals surface area contributed by atoms with Gasteiger partial charge in [0.25, 0.3) is 0 Å². The Labute approximate surface area is 173 Å². The van der Waals surface area contributed by atoms with Crippen molar-refractivity contribution in [1.29, 1.82) is 0 Å². The van der Waals surface area contributed by atoms with Gasteiger partial charge in [-0.15, -0.1) is 12.4 Å². The van der Waals surface area contributed by atoms with Crippen molar-refractivity contribution in [3.63, 3.8) is 0 Å². The van der Waals surface area contributed by atoms with E-state index in [1.54, 1.807) is 12.1 Å². The minimum atomic E-state index is 0. The lowest BCUT2D eigenvalue weighted by Gasteiger charge is -2.28. The number of aromatic hydroxyl groups is 2. The van der Waals surface area contributed by atoms with Crippen LogP contribution in [0.2, 0.25) is 0 Å². The van der Waals surface area contributed by atoms with E-state index in [4.69, 9.17) is 4.74 Å². The van der Waals surface area contributed by atoms with E-state index >= 15 is 0 Å². The maximum atomic E-state index is 10.5. The van der Waals surface area contributed by atoms with Gasteiger partial charge in [0.15, 0.2) is 0 Å². The smallest absolute Gasteiger partial charge is 0.134 e. The van der Waals surface area contributed by atoms with Crippen molar-refractivity contribution < 1.29 is 14.9 Å². The van der Waals surface area contributed by atoms with E-state index in [0.29, 0.717) is 17.9 Å². The maximum Gasteiger partial charge on any atom is 0.134 e. The summed E-state index contributed by atoms with van der Waals surface area (Å²) in [6.45, 7) is 11.5. The molecule has 3 rings (SSSR count). The van der Waals surface area contributed by atoms with Crippen molar-refractivity contribution in [2.75, 3.05) is 39.3 Å². The summed E-state index contributed by atoms with van der Waals surface area (Å²) < 4.78 is 6.22. The van der Waals surface area contributed by atoms with Crippen LogP contribution in [0.1, 0.15) is 30.9 Å². The van der Waals surface area contributed by atoms with E-state index < -0.39 is 0 Å². The number of benzene rings is 2. The molecule has 2 aromatic rings. The van der Waals surface area contributed by atoms with Gasteiger partial charge in [0.05, 0.1) is 0 Å². The Morgan fingerprint density at radius 3 is 2.43 bits per heavy atom. The Hall–Kier alpha value is -1.95. The fourth-order valence-corrected chi connectivity index (χ4v) is 3.57. The molecule has 5 nitrogen and oxygen atoms in total. The largest absolute Gasteiger partial charge is 0.508 e. The highest BCUT2D eigenvalue weighted by Gasteiger charge is 2.22. The van der Waals surface area contributed by atoms with Gasteiger partial charge < -0.3 is 20.3 Å².